The van der Waals surface area contributed by atoms with E-state index >= 15 is 0 Å². The van der Waals surface area contributed by atoms with Crippen LogP contribution in [0.3, 0.4) is 0 Å². The van der Waals surface area contributed by atoms with Crippen LogP contribution in [0.2, 0.25) is 0 Å². The van der Waals surface area contributed by atoms with Gasteiger partial charge >= 0.3 is 0 Å². The van der Waals surface area contributed by atoms with E-state index in [1.165, 1.54) is 0 Å². The highest BCUT2D eigenvalue weighted by Gasteiger charge is 2.29. The molecule has 3 rings (SSSR count). The molecule has 7 heteroatoms. The number of carbonyl (C=O) groups excluding carboxylic acids is 2. The van der Waals surface area contributed by atoms with Gasteiger partial charge in [0.2, 0.25) is 11.8 Å². The Bertz CT molecular complexity index is 728. The zero-order valence-electron chi connectivity index (χ0n) is 14.1. The number of amides is 2. The summed E-state index contributed by atoms with van der Waals surface area (Å²) in [6.07, 6.45) is 6.12. The number of hydrogen-bond donors (Lipinski definition) is 2. The maximum atomic E-state index is 12.1. The summed E-state index contributed by atoms with van der Waals surface area (Å²) in [4.78, 5) is 25.3. The van der Waals surface area contributed by atoms with E-state index in [1.54, 1.807) is 0 Å². The number of para-hydroxylation sites is 1. The molecular formula is C18H23N5O2. The van der Waals surface area contributed by atoms with E-state index in [9.17, 15) is 9.59 Å². The van der Waals surface area contributed by atoms with Crippen molar-refractivity contribution in [2.75, 3.05) is 19.6 Å². The first kappa shape index (κ1) is 17.2. The standard InChI is InChI=1S/C18H23N5O2/c19-18(25)16-7-4-10-22(16)13-17(24)20-9-8-14-11-21-23(12-14)15-5-2-1-3-6-15/h1-3,5-6,11-12,16H,4,7-10,13H2,(H2,19,25)(H,20,24). The quantitative estimate of drug-likeness (QED) is 0.766. The first-order valence-corrected chi connectivity index (χ1v) is 8.52. The van der Waals surface area contributed by atoms with Crippen molar-refractivity contribution < 1.29 is 9.59 Å². The number of primary amides is 1. The topological polar surface area (TPSA) is 93.2 Å². The normalized spacial score (nSPS) is 17.5. The molecule has 1 saturated heterocycles. The number of nitrogens with two attached hydrogens (primary N) is 1. The molecule has 1 aromatic carbocycles. The van der Waals surface area contributed by atoms with Gasteiger partial charge in [0.1, 0.15) is 0 Å². The van der Waals surface area contributed by atoms with Gasteiger partial charge in [0.15, 0.2) is 0 Å². The molecule has 1 aliphatic rings. The molecule has 0 aliphatic carbocycles. The molecule has 1 unspecified atom stereocenters. The highest BCUT2D eigenvalue weighted by molar-refractivity contribution is 5.82. The SMILES string of the molecule is NC(=O)C1CCCN1CC(=O)NCCc1cnn(-c2ccccc2)c1. The Labute approximate surface area is 146 Å². The van der Waals surface area contributed by atoms with Crippen molar-refractivity contribution in [3.8, 4) is 5.69 Å². The molecule has 1 aromatic heterocycles. The lowest BCUT2D eigenvalue weighted by Crippen LogP contribution is -2.45. The van der Waals surface area contributed by atoms with Crippen molar-refractivity contribution in [3.05, 3.63) is 48.3 Å². The second kappa shape index (κ2) is 7.94. The van der Waals surface area contributed by atoms with Gasteiger partial charge in [0.05, 0.1) is 24.5 Å². The third-order valence-electron chi connectivity index (χ3n) is 4.43. The van der Waals surface area contributed by atoms with Gasteiger partial charge in [-0.25, -0.2) is 4.68 Å². The van der Waals surface area contributed by atoms with Crippen LogP contribution in [0.5, 0.6) is 0 Å². The minimum absolute atomic E-state index is 0.0800. The molecule has 3 N–H and O–H groups in total. The van der Waals surface area contributed by atoms with Gasteiger partial charge in [-0.2, -0.15) is 5.10 Å². The van der Waals surface area contributed by atoms with Gasteiger partial charge in [-0.1, -0.05) is 18.2 Å². The summed E-state index contributed by atoms with van der Waals surface area (Å²) in [6.45, 7) is 1.50. The number of hydrogen-bond acceptors (Lipinski definition) is 4. The molecular weight excluding hydrogens is 318 g/mol. The summed E-state index contributed by atoms with van der Waals surface area (Å²) in [5.74, 6) is -0.428. The largest absolute Gasteiger partial charge is 0.368 e. The highest BCUT2D eigenvalue weighted by Crippen LogP contribution is 2.15. The fourth-order valence-corrected chi connectivity index (χ4v) is 3.14. The van der Waals surface area contributed by atoms with E-state index in [4.69, 9.17) is 5.73 Å². The van der Waals surface area contributed by atoms with Crippen LogP contribution in [-0.4, -0.2) is 52.2 Å². The summed E-state index contributed by atoms with van der Waals surface area (Å²) in [7, 11) is 0. The summed E-state index contributed by atoms with van der Waals surface area (Å²) in [5.41, 5.74) is 7.43. The molecule has 0 radical (unpaired) electrons. The number of rotatable bonds is 7. The smallest absolute Gasteiger partial charge is 0.234 e. The lowest BCUT2D eigenvalue weighted by molar-refractivity contribution is -0.125. The van der Waals surface area contributed by atoms with Crippen molar-refractivity contribution in [1.82, 2.24) is 20.0 Å². The van der Waals surface area contributed by atoms with Gasteiger partial charge in [0.25, 0.3) is 0 Å². The van der Waals surface area contributed by atoms with Crippen molar-refractivity contribution in [2.24, 2.45) is 5.73 Å². The predicted octanol–water partition coefficient (Wildman–Crippen LogP) is 0.481. The summed E-state index contributed by atoms with van der Waals surface area (Å²) >= 11 is 0. The molecule has 1 fully saturated rings. The Morgan fingerprint density at radius 1 is 1.28 bits per heavy atom. The predicted molar refractivity (Wildman–Crippen MR) is 94.1 cm³/mol. The Balaban J connectivity index is 1.44. The van der Waals surface area contributed by atoms with E-state index in [1.807, 2.05) is 52.3 Å². The molecule has 2 aromatic rings. The van der Waals surface area contributed by atoms with Gasteiger partial charge in [-0.15, -0.1) is 0 Å². The van der Waals surface area contributed by atoms with Crippen molar-refractivity contribution >= 4 is 11.8 Å². The Morgan fingerprint density at radius 3 is 2.84 bits per heavy atom. The average molecular weight is 341 g/mol. The molecule has 1 aliphatic heterocycles. The minimum Gasteiger partial charge on any atom is -0.368 e. The molecule has 25 heavy (non-hydrogen) atoms. The number of nitrogens with one attached hydrogen (secondary N) is 1. The van der Waals surface area contributed by atoms with Gasteiger partial charge in [0, 0.05) is 12.7 Å². The molecule has 132 valence electrons. The van der Waals surface area contributed by atoms with Crippen molar-refractivity contribution in [2.45, 2.75) is 25.3 Å². The van der Waals surface area contributed by atoms with Gasteiger partial charge in [-0.05, 0) is 43.5 Å². The fourth-order valence-electron chi connectivity index (χ4n) is 3.14. The summed E-state index contributed by atoms with van der Waals surface area (Å²) < 4.78 is 1.82. The monoisotopic (exact) mass is 341 g/mol. The minimum atomic E-state index is -0.348. The van der Waals surface area contributed by atoms with Crippen LogP contribution >= 0.6 is 0 Å². The first-order chi connectivity index (χ1) is 12.1. The Morgan fingerprint density at radius 2 is 2.08 bits per heavy atom. The summed E-state index contributed by atoms with van der Waals surface area (Å²) in [5, 5.41) is 7.24. The van der Waals surface area contributed by atoms with Gasteiger partial charge in [-0.3, -0.25) is 14.5 Å². The van der Waals surface area contributed by atoms with E-state index in [0.29, 0.717) is 13.0 Å². The molecule has 0 spiro atoms. The second-order valence-electron chi connectivity index (χ2n) is 6.26. The fraction of sp³-hybridized carbons (Fsp3) is 0.389. The number of carbonyl (C=O) groups is 2. The first-order valence-electron chi connectivity index (χ1n) is 8.52. The van der Waals surface area contributed by atoms with E-state index in [-0.39, 0.29) is 24.4 Å². The Kier molecular flexibility index (Phi) is 5.45. The molecule has 2 amide bonds. The van der Waals surface area contributed by atoms with Crippen LogP contribution in [-0.2, 0) is 16.0 Å². The van der Waals surface area contributed by atoms with Crippen molar-refractivity contribution in [1.29, 1.82) is 0 Å². The zero-order valence-corrected chi connectivity index (χ0v) is 14.1. The molecule has 0 saturated carbocycles. The molecule has 7 nitrogen and oxygen atoms in total. The lowest BCUT2D eigenvalue weighted by atomic mass is 10.2. The Hall–Kier alpha value is -2.67. The molecule has 1 atom stereocenters. The molecule has 0 bridgehead atoms. The highest BCUT2D eigenvalue weighted by atomic mass is 16.2. The third kappa shape index (κ3) is 4.45. The van der Waals surface area contributed by atoms with E-state index < -0.39 is 0 Å². The number of likely N-dealkylation sites (tertiary alicyclic amines) is 1. The van der Waals surface area contributed by atoms with Crippen LogP contribution in [0.25, 0.3) is 5.69 Å². The lowest BCUT2D eigenvalue weighted by Gasteiger charge is -2.20. The van der Waals surface area contributed by atoms with Crippen LogP contribution in [0, 0.1) is 0 Å². The van der Waals surface area contributed by atoms with Crippen LogP contribution < -0.4 is 11.1 Å². The molecule has 2 heterocycles. The number of aromatic nitrogens is 2. The number of nitrogens with zero attached hydrogens (tertiary/aromatic N) is 3. The third-order valence-corrected chi connectivity index (χ3v) is 4.43. The maximum absolute atomic E-state index is 12.1. The second-order valence-corrected chi connectivity index (χ2v) is 6.26. The maximum Gasteiger partial charge on any atom is 0.234 e. The van der Waals surface area contributed by atoms with Crippen molar-refractivity contribution in [3.63, 3.8) is 0 Å². The zero-order chi connectivity index (χ0) is 17.6. The number of benzene rings is 1. The summed E-state index contributed by atoms with van der Waals surface area (Å²) in [6, 6.07) is 9.57. The van der Waals surface area contributed by atoms with E-state index in [0.717, 1.165) is 30.6 Å². The average Bonchev–Trinajstić information content (AvgIpc) is 3.25. The van der Waals surface area contributed by atoms with E-state index in [2.05, 4.69) is 10.4 Å². The van der Waals surface area contributed by atoms with Crippen LogP contribution in [0.15, 0.2) is 42.7 Å². The van der Waals surface area contributed by atoms with Crippen LogP contribution in [0.1, 0.15) is 18.4 Å². The van der Waals surface area contributed by atoms with Crippen LogP contribution in [0.4, 0.5) is 0 Å². The van der Waals surface area contributed by atoms with Gasteiger partial charge < -0.3 is 11.1 Å².